The number of carbonyl (C=O) groups excluding carboxylic acids is 1. The Bertz CT molecular complexity index is 210. The van der Waals surface area contributed by atoms with Crippen molar-refractivity contribution in [3.8, 4) is 0 Å². The average Bonchev–Trinajstić information content (AvgIpc) is 2.16. The SMILES string of the molecule is COC(CNC(=O)C(C)SC)C(=O)O. The van der Waals surface area contributed by atoms with Crippen molar-refractivity contribution in [3.63, 3.8) is 0 Å². The zero-order chi connectivity index (χ0) is 11.1. The third kappa shape index (κ3) is 4.48. The number of ether oxygens (including phenoxy) is 1. The highest BCUT2D eigenvalue weighted by molar-refractivity contribution is 7.99. The molecule has 82 valence electrons. The summed E-state index contributed by atoms with van der Waals surface area (Å²) >= 11 is 1.40. The Morgan fingerprint density at radius 3 is 2.50 bits per heavy atom. The van der Waals surface area contributed by atoms with Gasteiger partial charge in [0.25, 0.3) is 0 Å². The number of carboxylic acids is 1. The molecule has 2 atom stereocenters. The summed E-state index contributed by atoms with van der Waals surface area (Å²) in [6.45, 7) is 1.75. The number of thioether (sulfide) groups is 1. The lowest BCUT2D eigenvalue weighted by Gasteiger charge is -2.13. The summed E-state index contributed by atoms with van der Waals surface area (Å²) in [7, 11) is 1.29. The number of carboxylic acid groups (broad SMARTS) is 1. The summed E-state index contributed by atoms with van der Waals surface area (Å²) in [5.74, 6) is -1.26. The van der Waals surface area contributed by atoms with Crippen molar-refractivity contribution in [2.75, 3.05) is 19.9 Å². The van der Waals surface area contributed by atoms with E-state index in [-0.39, 0.29) is 17.7 Å². The molecular formula is C8H15NO4S. The van der Waals surface area contributed by atoms with Gasteiger partial charge in [-0.3, -0.25) is 4.79 Å². The minimum atomic E-state index is -1.08. The molecule has 0 fully saturated rings. The molecule has 1 amide bonds. The Labute approximate surface area is 87.2 Å². The fourth-order valence-corrected chi connectivity index (χ4v) is 1.01. The third-order valence-corrected chi connectivity index (χ3v) is 2.67. The molecule has 5 nitrogen and oxygen atoms in total. The van der Waals surface area contributed by atoms with Crippen LogP contribution in [0.3, 0.4) is 0 Å². The molecule has 0 aliphatic carbocycles. The summed E-state index contributed by atoms with van der Waals surface area (Å²) < 4.78 is 4.65. The van der Waals surface area contributed by atoms with E-state index in [4.69, 9.17) is 5.11 Å². The summed E-state index contributed by atoms with van der Waals surface area (Å²) in [6, 6.07) is 0. The van der Waals surface area contributed by atoms with E-state index in [9.17, 15) is 9.59 Å². The van der Waals surface area contributed by atoms with Crippen molar-refractivity contribution in [1.82, 2.24) is 5.32 Å². The van der Waals surface area contributed by atoms with Gasteiger partial charge >= 0.3 is 5.97 Å². The highest BCUT2D eigenvalue weighted by atomic mass is 32.2. The second-order valence-corrected chi connectivity index (χ2v) is 3.86. The van der Waals surface area contributed by atoms with Crippen LogP contribution >= 0.6 is 11.8 Å². The first kappa shape index (κ1) is 13.2. The normalized spacial score (nSPS) is 14.5. The molecule has 2 unspecified atom stereocenters. The quantitative estimate of drug-likeness (QED) is 0.658. The number of amides is 1. The van der Waals surface area contributed by atoms with E-state index in [0.717, 1.165) is 0 Å². The van der Waals surface area contributed by atoms with E-state index >= 15 is 0 Å². The Kier molecular flexibility index (Phi) is 6.31. The molecule has 6 heteroatoms. The molecule has 0 radical (unpaired) electrons. The predicted molar refractivity (Wildman–Crippen MR) is 54.4 cm³/mol. The first-order chi connectivity index (χ1) is 6.52. The molecule has 0 heterocycles. The van der Waals surface area contributed by atoms with Gasteiger partial charge in [-0.05, 0) is 13.2 Å². The second kappa shape index (κ2) is 6.67. The lowest BCUT2D eigenvalue weighted by atomic mass is 10.3. The number of aliphatic carboxylic acids is 1. The van der Waals surface area contributed by atoms with E-state index in [1.165, 1.54) is 18.9 Å². The van der Waals surface area contributed by atoms with Gasteiger partial charge in [-0.15, -0.1) is 0 Å². The summed E-state index contributed by atoms with van der Waals surface area (Å²) in [6.07, 6.45) is 0.836. The standard InChI is InChI=1S/C8H15NO4S/c1-5(14-3)7(10)9-4-6(13-2)8(11)12/h5-6H,4H2,1-3H3,(H,9,10)(H,11,12). The van der Waals surface area contributed by atoms with E-state index in [0.29, 0.717) is 0 Å². The molecule has 0 aliphatic rings. The first-order valence-electron chi connectivity index (χ1n) is 4.09. The third-order valence-electron chi connectivity index (χ3n) is 1.74. The minimum absolute atomic E-state index is 0.00440. The Balaban J connectivity index is 3.91. The van der Waals surface area contributed by atoms with Crippen molar-refractivity contribution in [3.05, 3.63) is 0 Å². The van der Waals surface area contributed by atoms with Crippen LogP contribution in [0.15, 0.2) is 0 Å². The minimum Gasteiger partial charge on any atom is -0.479 e. The number of hydrogen-bond donors (Lipinski definition) is 2. The maximum Gasteiger partial charge on any atom is 0.334 e. The molecule has 14 heavy (non-hydrogen) atoms. The molecule has 0 bridgehead atoms. The Hall–Kier alpha value is -0.750. The molecule has 0 aromatic carbocycles. The van der Waals surface area contributed by atoms with Crippen LogP contribution in [0.25, 0.3) is 0 Å². The van der Waals surface area contributed by atoms with Crippen LogP contribution in [0, 0.1) is 0 Å². The molecule has 0 saturated heterocycles. The molecule has 2 N–H and O–H groups in total. The van der Waals surface area contributed by atoms with Crippen molar-refractivity contribution >= 4 is 23.6 Å². The highest BCUT2D eigenvalue weighted by Crippen LogP contribution is 2.04. The van der Waals surface area contributed by atoms with Crippen LogP contribution in [-0.4, -0.2) is 48.2 Å². The average molecular weight is 221 g/mol. The molecular weight excluding hydrogens is 206 g/mol. The maximum absolute atomic E-state index is 11.2. The van der Waals surface area contributed by atoms with Gasteiger partial charge in [0, 0.05) is 7.11 Å². The molecule has 0 aromatic heterocycles. The van der Waals surface area contributed by atoms with Crippen LogP contribution in [0.2, 0.25) is 0 Å². The van der Waals surface area contributed by atoms with Gasteiger partial charge in [-0.2, -0.15) is 11.8 Å². The van der Waals surface area contributed by atoms with Gasteiger partial charge in [0.1, 0.15) is 0 Å². The van der Waals surface area contributed by atoms with Crippen LogP contribution in [0.5, 0.6) is 0 Å². The molecule has 0 aliphatic heterocycles. The molecule has 0 rings (SSSR count). The van der Waals surface area contributed by atoms with E-state index in [1.54, 1.807) is 6.92 Å². The Morgan fingerprint density at radius 2 is 2.14 bits per heavy atom. The van der Waals surface area contributed by atoms with Crippen molar-refractivity contribution in [2.24, 2.45) is 0 Å². The van der Waals surface area contributed by atoms with Gasteiger partial charge in [0.05, 0.1) is 11.8 Å². The van der Waals surface area contributed by atoms with Crippen LogP contribution < -0.4 is 5.32 Å². The summed E-state index contributed by atoms with van der Waals surface area (Å²) in [5.41, 5.74) is 0. The van der Waals surface area contributed by atoms with Gasteiger partial charge in [-0.1, -0.05) is 0 Å². The molecule has 0 spiro atoms. The maximum atomic E-state index is 11.2. The van der Waals surface area contributed by atoms with Crippen molar-refractivity contribution in [1.29, 1.82) is 0 Å². The monoisotopic (exact) mass is 221 g/mol. The van der Waals surface area contributed by atoms with E-state index < -0.39 is 12.1 Å². The molecule has 0 aromatic rings. The lowest BCUT2D eigenvalue weighted by molar-refractivity contribution is -0.148. The zero-order valence-electron chi connectivity index (χ0n) is 8.44. The summed E-state index contributed by atoms with van der Waals surface area (Å²) in [4.78, 5) is 21.7. The smallest absolute Gasteiger partial charge is 0.334 e. The fourth-order valence-electron chi connectivity index (χ4n) is 0.716. The topological polar surface area (TPSA) is 75.6 Å². The van der Waals surface area contributed by atoms with E-state index in [2.05, 4.69) is 10.1 Å². The number of nitrogens with one attached hydrogen (secondary N) is 1. The molecule has 0 saturated carbocycles. The van der Waals surface area contributed by atoms with Crippen LogP contribution in [-0.2, 0) is 14.3 Å². The Morgan fingerprint density at radius 1 is 1.57 bits per heavy atom. The highest BCUT2D eigenvalue weighted by Gasteiger charge is 2.18. The van der Waals surface area contributed by atoms with Gasteiger partial charge < -0.3 is 15.2 Å². The number of methoxy groups -OCH3 is 1. The first-order valence-corrected chi connectivity index (χ1v) is 5.37. The fraction of sp³-hybridized carbons (Fsp3) is 0.750. The largest absolute Gasteiger partial charge is 0.479 e. The van der Waals surface area contributed by atoms with Crippen LogP contribution in [0.4, 0.5) is 0 Å². The zero-order valence-corrected chi connectivity index (χ0v) is 9.26. The predicted octanol–water partition coefficient (Wildman–Crippen LogP) is -0.0463. The number of carbonyl (C=O) groups is 2. The van der Waals surface area contributed by atoms with Gasteiger partial charge in [0.15, 0.2) is 6.10 Å². The van der Waals surface area contributed by atoms with Gasteiger partial charge in [0.2, 0.25) is 5.91 Å². The lowest BCUT2D eigenvalue weighted by Crippen LogP contribution is -2.40. The van der Waals surface area contributed by atoms with Crippen molar-refractivity contribution in [2.45, 2.75) is 18.3 Å². The van der Waals surface area contributed by atoms with Crippen molar-refractivity contribution < 1.29 is 19.4 Å². The summed E-state index contributed by atoms with van der Waals surface area (Å²) in [5, 5.41) is 10.9. The van der Waals surface area contributed by atoms with Gasteiger partial charge in [-0.25, -0.2) is 4.79 Å². The van der Waals surface area contributed by atoms with Crippen LogP contribution in [0.1, 0.15) is 6.92 Å². The van der Waals surface area contributed by atoms with E-state index in [1.807, 2.05) is 6.26 Å². The second-order valence-electron chi connectivity index (χ2n) is 2.69. The number of rotatable bonds is 6. The number of hydrogen-bond acceptors (Lipinski definition) is 4.